The Morgan fingerprint density at radius 2 is 0.613 bits per heavy atom. The van der Waals surface area contributed by atoms with Crippen molar-refractivity contribution in [1.29, 1.82) is 0 Å². The quantitative estimate of drug-likeness (QED) is 0.0605. The summed E-state index contributed by atoms with van der Waals surface area (Å²) in [5.41, 5.74) is 12.1. The highest BCUT2D eigenvalue weighted by Gasteiger charge is 2.34. The second kappa shape index (κ2) is 40.2. The van der Waals surface area contributed by atoms with Crippen LogP contribution in [0.2, 0.25) is 10.0 Å². The first-order valence-electron chi connectivity index (χ1n) is 41.1. The van der Waals surface area contributed by atoms with Gasteiger partial charge in [0.05, 0.1) is 37.0 Å². The lowest BCUT2D eigenvalue weighted by atomic mass is 10.0. The number of rotatable bonds is 16. The molecule has 0 radical (unpaired) electrons. The topological polar surface area (TPSA) is 237 Å². The highest BCUT2D eigenvalue weighted by atomic mass is 35.5. The van der Waals surface area contributed by atoms with Crippen LogP contribution in [0.5, 0.6) is 34.5 Å². The van der Waals surface area contributed by atoms with Crippen molar-refractivity contribution in [2.75, 3.05) is 0 Å². The fourth-order valence-corrected chi connectivity index (χ4v) is 17.1. The molecule has 8 aromatic carbocycles. The van der Waals surface area contributed by atoms with Crippen molar-refractivity contribution in [3.63, 3.8) is 0 Å². The van der Waals surface area contributed by atoms with Crippen molar-refractivity contribution in [1.82, 2.24) is 47.3 Å². The fraction of sp³-hybridized carbons (Fsp3) is 0.255. The molecule has 5 aromatic heterocycles. The van der Waals surface area contributed by atoms with Crippen LogP contribution >= 0.6 is 23.2 Å². The molecule has 0 bridgehead atoms. The van der Waals surface area contributed by atoms with E-state index in [4.69, 9.17) is 23.2 Å². The van der Waals surface area contributed by atoms with Gasteiger partial charge in [-0.05, 0) is 89.9 Å². The van der Waals surface area contributed by atoms with E-state index in [0.717, 1.165) is 91.7 Å². The van der Waals surface area contributed by atoms with Gasteiger partial charge in [0.1, 0.15) is 5.75 Å². The Morgan fingerprint density at radius 3 is 0.968 bits per heavy atom. The van der Waals surface area contributed by atoms with E-state index < -0.39 is 11.8 Å². The average molecular weight is 1720 g/mol. The number of halogens is 5. The monoisotopic (exact) mass is 1720 g/mol. The number of benzene rings is 8. The number of aromatic nitrogens is 5. The van der Waals surface area contributed by atoms with Gasteiger partial charge in [0, 0.05) is 197 Å². The van der Waals surface area contributed by atoms with Crippen LogP contribution < -0.4 is 31.9 Å². The summed E-state index contributed by atoms with van der Waals surface area (Å²) in [5.74, 6) is -1.28. The Kier molecular flexibility index (Phi) is 28.5. The molecule has 5 atom stereocenters. The minimum Gasteiger partial charge on any atom is -0.503 e. The highest BCUT2D eigenvalue weighted by molar-refractivity contribution is 6.36. The van der Waals surface area contributed by atoms with E-state index in [9.17, 15) is 62.7 Å². The second-order valence-electron chi connectivity index (χ2n) is 32.0. The zero-order chi connectivity index (χ0) is 87.1. The summed E-state index contributed by atoms with van der Waals surface area (Å²) >= 11 is 12.8. The van der Waals surface area contributed by atoms with Crippen LogP contribution in [0.25, 0.3) is 0 Å². The molecule has 10 heterocycles. The molecular weight excluding hydrogens is 1620 g/mol. The molecule has 0 saturated carbocycles. The van der Waals surface area contributed by atoms with Crippen LogP contribution in [0, 0.1) is 0 Å². The van der Waals surface area contributed by atoms with Gasteiger partial charge in [0.2, 0.25) is 27.1 Å². The molecule has 640 valence electrons. The molecule has 5 unspecified atom stereocenters. The Morgan fingerprint density at radius 1 is 0.331 bits per heavy atom. The van der Waals surface area contributed by atoms with Crippen molar-refractivity contribution in [3.05, 3.63) is 420 Å². The van der Waals surface area contributed by atoms with Gasteiger partial charge in [-0.3, -0.25) is 48.5 Å². The molecule has 0 aliphatic carbocycles. The Bertz CT molecular complexity index is 6090. The molecule has 18 rings (SSSR count). The first kappa shape index (κ1) is 87.8. The largest absolute Gasteiger partial charge is 0.573 e. The minimum atomic E-state index is -4.70. The molecule has 0 fully saturated rings. The maximum absolute atomic E-state index is 12.2. The number of aromatic hydroxyl groups is 5. The van der Waals surface area contributed by atoms with Crippen LogP contribution in [0.4, 0.5) is 13.2 Å². The van der Waals surface area contributed by atoms with E-state index in [-0.39, 0.29) is 74.3 Å². The van der Waals surface area contributed by atoms with Gasteiger partial charge < -0.3 is 53.1 Å². The third kappa shape index (κ3) is 23.0. The number of nitrogens with zero attached hydrogens (tertiary/aromatic N) is 10. The minimum absolute atomic E-state index is 0.139. The van der Waals surface area contributed by atoms with E-state index >= 15 is 0 Å². The average Bonchev–Trinajstić information content (AvgIpc) is 0.771. The lowest BCUT2D eigenvalue weighted by molar-refractivity contribution is -0.274. The highest BCUT2D eigenvalue weighted by Crippen LogP contribution is 2.35. The molecule has 13 aromatic rings. The zero-order valence-electron chi connectivity index (χ0n) is 68.6. The first-order valence-corrected chi connectivity index (χ1v) is 41.8. The molecule has 26 heteroatoms. The van der Waals surface area contributed by atoms with E-state index in [0.29, 0.717) is 81.0 Å². The van der Waals surface area contributed by atoms with Crippen molar-refractivity contribution in [2.45, 2.75) is 161 Å². The normalized spacial score (nSPS) is 17.5. The molecule has 124 heavy (non-hydrogen) atoms. The lowest BCUT2D eigenvalue weighted by Gasteiger charge is -2.38. The summed E-state index contributed by atoms with van der Waals surface area (Å²) in [5, 5.41) is 49.8. The smallest absolute Gasteiger partial charge is 0.503 e. The van der Waals surface area contributed by atoms with Crippen LogP contribution in [-0.2, 0) is 111 Å². The molecule has 0 saturated heterocycles. The van der Waals surface area contributed by atoms with Gasteiger partial charge in [-0.2, -0.15) is 0 Å². The van der Waals surface area contributed by atoms with Crippen molar-refractivity contribution in [3.8, 4) is 34.5 Å². The molecule has 5 N–H and O–H groups in total. The summed E-state index contributed by atoms with van der Waals surface area (Å²) in [6.45, 7) is 14.5. The van der Waals surface area contributed by atoms with Gasteiger partial charge in [0.15, 0.2) is 28.7 Å². The molecule has 0 amide bonds. The van der Waals surface area contributed by atoms with Crippen LogP contribution in [-0.4, -0.2) is 103 Å². The van der Waals surface area contributed by atoms with Gasteiger partial charge in [0.25, 0.3) is 0 Å². The van der Waals surface area contributed by atoms with Gasteiger partial charge in [-0.25, -0.2) is 0 Å². The maximum atomic E-state index is 12.2. The summed E-state index contributed by atoms with van der Waals surface area (Å²) < 4.78 is 50.2. The van der Waals surface area contributed by atoms with E-state index in [1.807, 2.05) is 121 Å². The molecule has 21 nitrogen and oxygen atoms in total. The molecular formula is C98H97Cl2F3N10O11. The van der Waals surface area contributed by atoms with Crippen molar-refractivity contribution < 1.29 is 43.4 Å². The maximum Gasteiger partial charge on any atom is 0.573 e. The number of fused-ring (bicyclic) bond motifs is 5. The lowest BCUT2D eigenvalue weighted by Crippen LogP contribution is -2.44. The van der Waals surface area contributed by atoms with E-state index in [1.165, 1.54) is 70.0 Å². The van der Waals surface area contributed by atoms with Crippen molar-refractivity contribution >= 4 is 23.2 Å². The molecule has 0 spiro atoms. The number of ether oxygens (including phenoxy) is 1. The Balaban J connectivity index is 0.000000127. The summed E-state index contributed by atoms with van der Waals surface area (Å²) in [6, 6.07) is 82.3. The molecule has 5 aliphatic rings. The number of hydrogen-bond acceptors (Lipinski definition) is 16. The van der Waals surface area contributed by atoms with Crippen LogP contribution in [0.3, 0.4) is 0 Å². The van der Waals surface area contributed by atoms with E-state index in [2.05, 4.69) is 145 Å². The number of pyridine rings is 5. The standard InChI is InChI=1S/C22H20Cl2N2O2.C22H22N2O2.C21H20N2O2.C17H17F3N2O3.C16H18N2O2/c23-19-7-4-8-20(24)18(19)13-25-12-17-10-21(27)22(28)14-26(17)11-16(25)9-15-5-2-1-3-6-15;25-21-12-20-15-23(13-18-9-5-2-6-10-18)19(14-24(20)16-22(21)26)11-17-7-3-1-4-8-17;24-20-11-18-13-23(12-16-7-3-1-4-8-16)19(14-22(18)15-21(20)25)17-9-5-2-6-10-17;1-11-7-22-10-16(24)15(23)6-13(22)9-21(11)8-12-2-4-14(5-3-12)25-17(18,19)20;1-12-8-18-11-16(20)15(19)7-14(18)10-17(12)9-13-5-3-2-4-6-13/h1-8,10,14,16,28H,9,11-13H2;1-10,12,16,19,26H,11,13-15H2;1-11,15,19,25H,12-14H2;2-6,10-11,24H,7-9H2,1H3;2-7,11-12,20H,8-10H2,1H3. The predicted molar refractivity (Wildman–Crippen MR) is 473 cm³/mol. The van der Waals surface area contributed by atoms with Gasteiger partial charge in [-0.15, -0.1) is 13.2 Å². The van der Waals surface area contributed by atoms with E-state index in [1.54, 1.807) is 48.9 Å². The summed E-state index contributed by atoms with van der Waals surface area (Å²) in [6.07, 6.45) is 4.74. The molecule has 5 aliphatic heterocycles. The zero-order valence-corrected chi connectivity index (χ0v) is 70.1. The SMILES string of the molecule is CC1Cn2cc(O)c(=O)cc2CN1Cc1ccc(OC(F)(F)F)cc1.CC1Cn2cc(O)c(=O)cc2CN1Cc1ccccc1.O=c1cc2n(cc1O)CC(Cc1ccccc1)N(Cc1c(Cl)cccc1Cl)C2.O=c1cc2n(cc1O)CC(Cc1ccccc1)N(Cc1ccccc1)C2.O=c1cc2n(cc1O)CC(c1ccccc1)N(Cc1ccccc1)C2. The van der Waals surface area contributed by atoms with Crippen LogP contribution in [0.1, 0.15) is 92.9 Å². The van der Waals surface area contributed by atoms with Crippen molar-refractivity contribution in [2.24, 2.45) is 0 Å². The first-order chi connectivity index (χ1) is 59.7. The number of hydrogen-bond donors (Lipinski definition) is 5. The third-order valence-corrected chi connectivity index (χ3v) is 23.8. The van der Waals surface area contributed by atoms with Crippen LogP contribution in [0.15, 0.2) is 310 Å². The second-order valence-corrected chi connectivity index (χ2v) is 32.8. The fourth-order valence-electron chi connectivity index (χ4n) is 16.5. The third-order valence-electron chi connectivity index (χ3n) is 23.1. The summed E-state index contributed by atoms with van der Waals surface area (Å²) in [7, 11) is 0. The van der Waals surface area contributed by atoms with Gasteiger partial charge >= 0.3 is 6.36 Å². The Hall–Kier alpha value is -12.5. The Labute approximate surface area is 725 Å². The van der Waals surface area contributed by atoms with Gasteiger partial charge in [-0.1, -0.05) is 223 Å². The number of alkyl halides is 3. The summed E-state index contributed by atoms with van der Waals surface area (Å²) in [4.78, 5) is 70.3. The predicted octanol–water partition coefficient (Wildman–Crippen LogP) is 15.8.